The van der Waals surface area contributed by atoms with Gasteiger partial charge in [-0.2, -0.15) is 0 Å². The van der Waals surface area contributed by atoms with E-state index in [9.17, 15) is 4.79 Å². The molecule has 1 saturated heterocycles. The minimum atomic E-state index is -0.0540. The molecular formula is C17H15N3OS2. The van der Waals surface area contributed by atoms with Crippen molar-refractivity contribution in [3.8, 4) is 5.69 Å². The monoisotopic (exact) mass is 341 g/mol. The highest BCUT2D eigenvalue weighted by atomic mass is 32.2. The quantitative estimate of drug-likeness (QED) is 0.483. The zero-order valence-electron chi connectivity index (χ0n) is 12.6. The van der Waals surface area contributed by atoms with Gasteiger partial charge in [-0.25, -0.2) is 4.98 Å². The van der Waals surface area contributed by atoms with Crippen LogP contribution in [0.1, 0.15) is 12.5 Å². The first-order chi connectivity index (χ1) is 11.0. The van der Waals surface area contributed by atoms with Crippen molar-refractivity contribution >= 4 is 40.3 Å². The second-order valence-corrected chi connectivity index (χ2v) is 6.96. The predicted octanol–water partition coefficient (Wildman–Crippen LogP) is 3.65. The Bertz CT molecular complexity index is 792. The number of amides is 1. The minimum Gasteiger partial charge on any atom is -0.306 e. The topological polar surface area (TPSA) is 38.1 Å². The molecule has 116 valence electrons. The number of aromatic nitrogens is 2. The maximum atomic E-state index is 12.4. The van der Waals surface area contributed by atoms with E-state index in [0.29, 0.717) is 15.8 Å². The molecule has 1 aliphatic rings. The van der Waals surface area contributed by atoms with Crippen molar-refractivity contribution in [3.05, 3.63) is 65.6 Å². The summed E-state index contributed by atoms with van der Waals surface area (Å²) in [5.74, 6) is -0.0540. The molecule has 0 unspecified atom stereocenters. The van der Waals surface area contributed by atoms with Crippen LogP contribution in [0.5, 0.6) is 0 Å². The first kappa shape index (κ1) is 15.7. The molecule has 3 rings (SSSR count). The van der Waals surface area contributed by atoms with Crippen LogP contribution in [-0.2, 0) is 4.79 Å². The molecule has 6 heteroatoms. The molecule has 23 heavy (non-hydrogen) atoms. The van der Waals surface area contributed by atoms with Gasteiger partial charge in [0, 0.05) is 24.6 Å². The van der Waals surface area contributed by atoms with E-state index in [1.54, 1.807) is 17.4 Å². The summed E-state index contributed by atoms with van der Waals surface area (Å²) in [7, 11) is 0. The third kappa shape index (κ3) is 3.43. The van der Waals surface area contributed by atoms with E-state index in [4.69, 9.17) is 12.2 Å². The van der Waals surface area contributed by atoms with Crippen LogP contribution in [0.15, 0.2) is 60.0 Å². The molecule has 1 fully saturated rings. The van der Waals surface area contributed by atoms with E-state index >= 15 is 0 Å². The predicted molar refractivity (Wildman–Crippen MR) is 98.3 cm³/mol. The van der Waals surface area contributed by atoms with Crippen molar-refractivity contribution in [1.82, 2.24) is 14.5 Å². The summed E-state index contributed by atoms with van der Waals surface area (Å²) >= 11 is 6.61. The van der Waals surface area contributed by atoms with Gasteiger partial charge in [-0.1, -0.05) is 48.3 Å². The van der Waals surface area contributed by atoms with E-state index in [1.165, 1.54) is 11.8 Å². The Hall–Kier alpha value is -2.18. The molecule has 0 saturated carbocycles. The second kappa shape index (κ2) is 6.52. The standard InChI is InChI=1S/C17H15N3OS2/c1-12(2)10-20-16(21)15(23-17(20)22)9-13-3-5-14(6-4-13)19-8-7-18-11-19/h3-9,11H,1,10H2,2H3. The fraction of sp³-hybridized carbons (Fsp3) is 0.118. The Morgan fingerprint density at radius 3 is 2.74 bits per heavy atom. The molecule has 4 nitrogen and oxygen atoms in total. The van der Waals surface area contributed by atoms with Crippen molar-refractivity contribution < 1.29 is 4.79 Å². The number of thioether (sulfide) groups is 1. The molecule has 1 aromatic heterocycles. The molecule has 0 bridgehead atoms. The molecule has 0 aliphatic carbocycles. The number of hydrogen-bond acceptors (Lipinski definition) is 4. The van der Waals surface area contributed by atoms with Crippen LogP contribution in [0, 0.1) is 0 Å². The van der Waals surface area contributed by atoms with Crippen LogP contribution in [0.2, 0.25) is 0 Å². The van der Waals surface area contributed by atoms with E-state index in [0.717, 1.165) is 16.8 Å². The number of hydrogen-bond donors (Lipinski definition) is 0. The first-order valence-corrected chi connectivity index (χ1v) is 8.25. The maximum Gasteiger partial charge on any atom is 0.266 e. The van der Waals surface area contributed by atoms with Crippen molar-refractivity contribution in [1.29, 1.82) is 0 Å². The van der Waals surface area contributed by atoms with Crippen LogP contribution >= 0.6 is 24.0 Å². The van der Waals surface area contributed by atoms with E-state index in [2.05, 4.69) is 11.6 Å². The lowest BCUT2D eigenvalue weighted by atomic mass is 10.2. The average Bonchev–Trinajstić information content (AvgIpc) is 3.13. The minimum absolute atomic E-state index is 0.0540. The van der Waals surface area contributed by atoms with E-state index in [-0.39, 0.29) is 5.91 Å². The molecule has 1 aromatic carbocycles. The SMILES string of the molecule is C=C(C)CN1C(=O)C(=Cc2ccc(-n3ccnc3)cc2)SC1=S. The molecule has 2 aromatic rings. The molecule has 1 aliphatic heterocycles. The summed E-state index contributed by atoms with van der Waals surface area (Å²) in [6.07, 6.45) is 7.24. The summed E-state index contributed by atoms with van der Waals surface area (Å²) in [5, 5.41) is 0. The number of benzene rings is 1. The van der Waals surface area contributed by atoms with Gasteiger partial charge in [0.1, 0.15) is 4.32 Å². The third-order valence-electron chi connectivity index (χ3n) is 3.30. The molecular weight excluding hydrogens is 326 g/mol. The normalized spacial score (nSPS) is 16.4. The Morgan fingerprint density at radius 1 is 1.39 bits per heavy atom. The van der Waals surface area contributed by atoms with Gasteiger partial charge in [0.25, 0.3) is 5.91 Å². The average molecular weight is 341 g/mol. The number of imidazole rings is 1. The van der Waals surface area contributed by atoms with Gasteiger partial charge in [0.2, 0.25) is 0 Å². The van der Waals surface area contributed by atoms with Crippen LogP contribution in [0.25, 0.3) is 11.8 Å². The fourth-order valence-electron chi connectivity index (χ4n) is 2.21. The number of carbonyl (C=O) groups excluding carboxylic acids is 1. The Balaban J connectivity index is 1.80. The van der Waals surface area contributed by atoms with Crippen LogP contribution < -0.4 is 0 Å². The maximum absolute atomic E-state index is 12.4. The number of carbonyl (C=O) groups is 1. The highest BCUT2D eigenvalue weighted by Crippen LogP contribution is 2.32. The molecule has 1 amide bonds. The smallest absolute Gasteiger partial charge is 0.266 e. The van der Waals surface area contributed by atoms with Gasteiger partial charge in [-0.3, -0.25) is 9.69 Å². The molecule has 0 atom stereocenters. The number of nitrogens with zero attached hydrogens (tertiary/aromatic N) is 3. The lowest BCUT2D eigenvalue weighted by Gasteiger charge is -2.13. The van der Waals surface area contributed by atoms with Gasteiger partial charge in [0.15, 0.2) is 0 Å². The summed E-state index contributed by atoms with van der Waals surface area (Å²) in [5.41, 5.74) is 2.89. The van der Waals surface area contributed by atoms with Crippen molar-refractivity contribution in [2.75, 3.05) is 6.54 Å². The molecule has 0 N–H and O–H groups in total. The van der Waals surface area contributed by atoms with Gasteiger partial charge in [0.05, 0.1) is 11.2 Å². The number of thiocarbonyl (C=S) groups is 1. The van der Waals surface area contributed by atoms with Crippen molar-refractivity contribution in [3.63, 3.8) is 0 Å². The molecule has 0 spiro atoms. The Kier molecular flexibility index (Phi) is 4.45. The van der Waals surface area contributed by atoms with Crippen molar-refractivity contribution in [2.24, 2.45) is 0 Å². The van der Waals surface area contributed by atoms with Crippen molar-refractivity contribution in [2.45, 2.75) is 6.92 Å². The number of rotatable bonds is 4. The van der Waals surface area contributed by atoms with Crippen LogP contribution in [-0.4, -0.2) is 31.2 Å². The van der Waals surface area contributed by atoms with E-state index < -0.39 is 0 Å². The summed E-state index contributed by atoms with van der Waals surface area (Å²) in [4.78, 5) is 18.7. The first-order valence-electron chi connectivity index (χ1n) is 7.03. The summed E-state index contributed by atoms with van der Waals surface area (Å²) < 4.78 is 2.51. The molecule has 2 heterocycles. The Morgan fingerprint density at radius 2 is 2.13 bits per heavy atom. The van der Waals surface area contributed by atoms with Crippen LogP contribution in [0.3, 0.4) is 0 Å². The second-order valence-electron chi connectivity index (χ2n) is 5.29. The zero-order chi connectivity index (χ0) is 16.4. The fourth-order valence-corrected chi connectivity index (χ4v) is 3.47. The lowest BCUT2D eigenvalue weighted by Crippen LogP contribution is -2.29. The highest BCUT2D eigenvalue weighted by Gasteiger charge is 2.31. The summed E-state index contributed by atoms with van der Waals surface area (Å²) in [6.45, 7) is 6.20. The van der Waals surface area contributed by atoms with Gasteiger partial charge in [-0.05, 0) is 30.7 Å². The van der Waals surface area contributed by atoms with Gasteiger partial charge in [-0.15, -0.1) is 0 Å². The van der Waals surface area contributed by atoms with Gasteiger partial charge >= 0.3 is 0 Å². The van der Waals surface area contributed by atoms with Gasteiger partial charge < -0.3 is 4.57 Å². The summed E-state index contributed by atoms with van der Waals surface area (Å²) in [6, 6.07) is 7.92. The highest BCUT2D eigenvalue weighted by molar-refractivity contribution is 8.26. The largest absolute Gasteiger partial charge is 0.306 e. The van der Waals surface area contributed by atoms with Crippen LogP contribution in [0.4, 0.5) is 0 Å². The van der Waals surface area contributed by atoms with E-state index in [1.807, 2.05) is 48.0 Å². The lowest BCUT2D eigenvalue weighted by molar-refractivity contribution is -0.121. The Labute approximate surface area is 144 Å². The molecule has 0 radical (unpaired) electrons. The third-order valence-corrected chi connectivity index (χ3v) is 4.67. The zero-order valence-corrected chi connectivity index (χ0v) is 14.2.